The predicted molar refractivity (Wildman–Crippen MR) is 70.0 cm³/mol. The normalized spacial score (nSPS) is 15.3. The maximum atomic E-state index is 12.9. The van der Waals surface area contributed by atoms with Crippen molar-refractivity contribution in [2.75, 3.05) is 13.1 Å². The molecular formula is C14H21F3N2. The standard InChI is InChI=1S/C14H21F3N2/c1-4-6-18-8-10(2)11(3)12-9-19-7-5-13(12)14(15,16)17/h5,7,9-11,18H,4,6,8H2,1-3H3. The van der Waals surface area contributed by atoms with Crippen molar-refractivity contribution in [1.29, 1.82) is 0 Å². The van der Waals surface area contributed by atoms with Crippen molar-refractivity contribution in [3.63, 3.8) is 0 Å². The lowest BCUT2D eigenvalue weighted by atomic mass is 9.87. The Labute approximate surface area is 112 Å². The maximum Gasteiger partial charge on any atom is 0.416 e. The molecule has 1 N–H and O–H groups in total. The SMILES string of the molecule is CCCNCC(C)C(C)c1cnccc1C(F)(F)F. The van der Waals surface area contributed by atoms with Crippen molar-refractivity contribution >= 4 is 0 Å². The van der Waals surface area contributed by atoms with Crippen molar-refractivity contribution < 1.29 is 13.2 Å². The lowest BCUT2D eigenvalue weighted by molar-refractivity contribution is -0.138. The zero-order valence-corrected chi connectivity index (χ0v) is 11.6. The molecule has 0 aliphatic rings. The van der Waals surface area contributed by atoms with Crippen LogP contribution >= 0.6 is 0 Å². The van der Waals surface area contributed by atoms with E-state index >= 15 is 0 Å². The first-order valence-corrected chi connectivity index (χ1v) is 6.59. The van der Waals surface area contributed by atoms with Crippen molar-refractivity contribution in [2.24, 2.45) is 5.92 Å². The van der Waals surface area contributed by atoms with Gasteiger partial charge in [-0.05, 0) is 43.0 Å². The summed E-state index contributed by atoms with van der Waals surface area (Å²) in [5.74, 6) is -0.0634. The van der Waals surface area contributed by atoms with Gasteiger partial charge in [0.15, 0.2) is 0 Å². The van der Waals surface area contributed by atoms with Crippen LogP contribution in [0.3, 0.4) is 0 Å². The average molecular weight is 274 g/mol. The molecule has 2 unspecified atom stereocenters. The fourth-order valence-corrected chi connectivity index (χ4v) is 2.02. The van der Waals surface area contributed by atoms with Gasteiger partial charge in [0, 0.05) is 12.4 Å². The molecule has 1 aromatic rings. The molecule has 19 heavy (non-hydrogen) atoms. The Hall–Kier alpha value is -1.10. The first kappa shape index (κ1) is 16.0. The molecule has 2 atom stereocenters. The summed E-state index contributed by atoms with van der Waals surface area (Å²) in [6, 6.07) is 1.05. The first-order valence-electron chi connectivity index (χ1n) is 6.59. The van der Waals surface area contributed by atoms with Gasteiger partial charge in [-0.3, -0.25) is 4.98 Å². The van der Waals surface area contributed by atoms with Crippen LogP contribution in [-0.4, -0.2) is 18.1 Å². The van der Waals surface area contributed by atoms with Crippen LogP contribution in [0.4, 0.5) is 13.2 Å². The van der Waals surface area contributed by atoms with Crippen molar-refractivity contribution in [3.05, 3.63) is 29.6 Å². The van der Waals surface area contributed by atoms with Crippen LogP contribution in [0, 0.1) is 5.92 Å². The molecule has 0 fully saturated rings. The van der Waals surface area contributed by atoms with Crippen LogP contribution in [-0.2, 0) is 6.18 Å². The minimum atomic E-state index is -4.32. The highest BCUT2D eigenvalue weighted by molar-refractivity contribution is 5.29. The Morgan fingerprint density at radius 3 is 2.58 bits per heavy atom. The van der Waals surface area contributed by atoms with Crippen molar-refractivity contribution in [3.8, 4) is 0 Å². The summed E-state index contributed by atoms with van der Waals surface area (Å²) in [7, 11) is 0. The minimum Gasteiger partial charge on any atom is -0.316 e. The molecule has 0 spiro atoms. The zero-order chi connectivity index (χ0) is 14.5. The number of hydrogen-bond donors (Lipinski definition) is 1. The van der Waals surface area contributed by atoms with E-state index < -0.39 is 11.7 Å². The van der Waals surface area contributed by atoms with E-state index in [1.807, 2.05) is 13.8 Å². The molecule has 0 aromatic carbocycles. The smallest absolute Gasteiger partial charge is 0.316 e. The van der Waals surface area contributed by atoms with Gasteiger partial charge in [0.2, 0.25) is 0 Å². The predicted octanol–water partition coefficient (Wildman–Crippen LogP) is 3.84. The Bertz CT molecular complexity index is 391. The van der Waals surface area contributed by atoms with Crippen LogP contribution < -0.4 is 5.32 Å². The van der Waals surface area contributed by atoms with E-state index in [2.05, 4.69) is 17.2 Å². The van der Waals surface area contributed by atoms with Gasteiger partial charge in [-0.15, -0.1) is 0 Å². The molecule has 1 aromatic heterocycles. The molecule has 0 aliphatic carbocycles. The number of pyridine rings is 1. The highest BCUT2D eigenvalue weighted by atomic mass is 19.4. The largest absolute Gasteiger partial charge is 0.416 e. The van der Waals surface area contributed by atoms with E-state index in [1.54, 1.807) is 0 Å². The van der Waals surface area contributed by atoms with E-state index in [1.165, 1.54) is 12.4 Å². The van der Waals surface area contributed by atoms with E-state index in [0.29, 0.717) is 6.54 Å². The second kappa shape index (κ2) is 6.89. The fraction of sp³-hybridized carbons (Fsp3) is 0.643. The van der Waals surface area contributed by atoms with Gasteiger partial charge < -0.3 is 5.32 Å². The van der Waals surface area contributed by atoms with Gasteiger partial charge in [-0.2, -0.15) is 13.2 Å². The third kappa shape index (κ3) is 4.49. The Morgan fingerprint density at radius 1 is 1.32 bits per heavy atom. The zero-order valence-electron chi connectivity index (χ0n) is 11.6. The summed E-state index contributed by atoms with van der Waals surface area (Å²) in [4.78, 5) is 3.84. The van der Waals surface area contributed by atoms with Crippen LogP contribution in [0.5, 0.6) is 0 Å². The molecule has 0 aliphatic heterocycles. The molecule has 1 rings (SSSR count). The third-order valence-electron chi connectivity index (χ3n) is 3.39. The Balaban J connectivity index is 2.84. The molecule has 108 valence electrons. The number of halogens is 3. The van der Waals surface area contributed by atoms with Gasteiger partial charge >= 0.3 is 6.18 Å². The van der Waals surface area contributed by atoms with E-state index in [4.69, 9.17) is 0 Å². The van der Waals surface area contributed by atoms with Gasteiger partial charge in [-0.25, -0.2) is 0 Å². The molecule has 0 amide bonds. The second-order valence-corrected chi connectivity index (χ2v) is 4.93. The molecule has 1 heterocycles. The van der Waals surface area contributed by atoms with Crippen LogP contribution in [0.15, 0.2) is 18.5 Å². The quantitative estimate of drug-likeness (QED) is 0.797. The van der Waals surface area contributed by atoms with Crippen molar-refractivity contribution in [1.82, 2.24) is 10.3 Å². The lowest BCUT2D eigenvalue weighted by Crippen LogP contribution is -2.26. The highest BCUT2D eigenvalue weighted by Crippen LogP contribution is 2.36. The number of alkyl halides is 3. The fourth-order valence-electron chi connectivity index (χ4n) is 2.02. The summed E-state index contributed by atoms with van der Waals surface area (Å²) >= 11 is 0. The van der Waals surface area contributed by atoms with Crippen LogP contribution in [0.2, 0.25) is 0 Å². The number of hydrogen-bond acceptors (Lipinski definition) is 2. The van der Waals surface area contributed by atoms with Gasteiger partial charge in [0.25, 0.3) is 0 Å². The summed E-state index contributed by atoms with van der Waals surface area (Å²) in [5.41, 5.74) is -0.293. The van der Waals surface area contributed by atoms with Gasteiger partial charge in [-0.1, -0.05) is 20.8 Å². The molecule has 5 heteroatoms. The summed E-state index contributed by atoms with van der Waals surface area (Å²) in [6.45, 7) is 7.44. The average Bonchev–Trinajstić information content (AvgIpc) is 2.37. The third-order valence-corrected chi connectivity index (χ3v) is 3.39. The molecule has 0 saturated heterocycles. The van der Waals surface area contributed by atoms with E-state index in [9.17, 15) is 13.2 Å². The van der Waals surface area contributed by atoms with E-state index in [0.717, 1.165) is 19.0 Å². The molecule has 0 saturated carbocycles. The highest BCUT2D eigenvalue weighted by Gasteiger charge is 2.35. The van der Waals surface area contributed by atoms with E-state index in [-0.39, 0.29) is 17.4 Å². The van der Waals surface area contributed by atoms with Gasteiger partial charge in [0.1, 0.15) is 0 Å². The topological polar surface area (TPSA) is 24.9 Å². The molecule has 0 radical (unpaired) electrons. The summed E-state index contributed by atoms with van der Waals surface area (Å²) in [5, 5.41) is 3.24. The number of nitrogens with zero attached hydrogens (tertiary/aromatic N) is 1. The number of nitrogens with one attached hydrogen (secondary N) is 1. The second-order valence-electron chi connectivity index (χ2n) is 4.93. The van der Waals surface area contributed by atoms with Crippen LogP contribution in [0.25, 0.3) is 0 Å². The maximum absolute atomic E-state index is 12.9. The summed E-state index contributed by atoms with van der Waals surface area (Å²) < 4.78 is 38.8. The lowest BCUT2D eigenvalue weighted by Gasteiger charge is -2.23. The monoisotopic (exact) mass is 274 g/mol. The minimum absolute atomic E-state index is 0.122. The Morgan fingerprint density at radius 2 is 2.00 bits per heavy atom. The molecule has 0 bridgehead atoms. The van der Waals surface area contributed by atoms with Gasteiger partial charge in [0.05, 0.1) is 5.56 Å². The van der Waals surface area contributed by atoms with Crippen LogP contribution in [0.1, 0.15) is 44.2 Å². The molecular weight excluding hydrogens is 253 g/mol. The van der Waals surface area contributed by atoms with Crippen molar-refractivity contribution in [2.45, 2.75) is 39.3 Å². The number of aromatic nitrogens is 1. The number of rotatable bonds is 6. The summed E-state index contributed by atoms with van der Waals surface area (Å²) in [6.07, 6.45) is -0.770. The molecule has 2 nitrogen and oxygen atoms in total. The Kier molecular flexibility index (Phi) is 5.79. The first-order chi connectivity index (χ1) is 8.88.